The highest BCUT2D eigenvalue weighted by molar-refractivity contribution is 5.92. The number of aliphatic hydroxyl groups excluding tert-OH is 1. The number of carbonyl (C=O) groups excluding carboxylic acids is 1. The molecule has 1 aromatic rings. The van der Waals surface area contributed by atoms with Crippen molar-refractivity contribution in [1.82, 2.24) is 14.7 Å². The van der Waals surface area contributed by atoms with Crippen LogP contribution in [0.1, 0.15) is 16.9 Å². The number of carbonyl (C=O) groups is 1. The van der Waals surface area contributed by atoms with Gasteiger partial charge in [-0.1, -0.05) is 0 Å². The van der Waals surface area contributed by atoms with Crippen LogP contribution in [0.2, 0.25) is 0 Å². The lowest BCUT2D eigenvalue weighted by Gasteiger charge is -2.13. The van der Waals surface area contributed by atoms with E-state index in [4.69, 9.17) is 9.84 Å². The smallest absolute Gasteiger partial charge is 0.274 e. The molecule has 0 aromatic carbocycles. The maximum Gasteiger partial charge on any atom is 0.274 e. The first-order valence-corrected chi connectivity index (χ1v) is 5.29. The van der Waals surface area contributed by atoms with Gasteiger partial charge < -0.3 is 14.7 Å². The van der Waals surface area contributed by atoms with Gasteiger partial charge in [0.2, 0.25) is 5.88 Å². The number of aliphatic hydroxyl groups is 1. The van der Waals surface area contributed by atoms with Gasteiger partial charge in [-0.25, -0.2) is 4.68 Å². The van der Waals surface area contributed by atoms with Crippen molar-refractivity contribution in [3.63, 3.8) is 0 Å². The fraction of sp³-hybridized carbons (Fsp3) is 0.600. The van der Waals surface area contributed by atoms with Crippen LogP contribution < -0.4 is 4.74 Å². The normalized spacial score (nSPS) is 14.1. The highest BCUT2D eigenvalue weighted by atomic mass is 16.5. The van der Waals surface area contributed by atoms with Crippen molar-refractivity contribution in [3.05, 3.63) is 11.8 Å². The van der Waals surface area contributed by atoms with E-state index in [9.17, 15) is 4.79 Å². The Bertz CT molecular complexity index is 365. The first kappa shape index (κ1) is 10.9. The molecule has 88 valence electrons. The van der Waals surface area contributed by atoms with Crippen LogP contribution in [0.25, 0.3) is 0 Å². The zero-order chi connectivity index (χ0) is 11.5. The van der Waals surface area contributed by atoms with Crippen molar-refractivity contribution in [2.75, 3.05) is 26.8 Å². The fourth-order valence-electron chi connectivity index (χ4n) is 1.62. The van der Waals surface area contributed by atoms with E-state index >= 15 is 0 Å². The maximum atomic E-state index is 11.8. The Labute approximate surface area is 93.4 Å². The third-order valence-electron chi connectivity index (χ3n) is 2.51. The summed E-state index contributed by atoms with van der Waals surface area (Å²) in [5, 5.41) is 12.9. The van der Waals surface area contributed by atoms with Crippen LogP contribution in [-0.4, -0.2) is 52.5 Å². The van der Waals surface area contributed by atoms with Crippen molar-refractivity contribution in [1.29, 1.82) is 0 Å². The SMILES string of the molecule is CN(CCO)C(=O)c1cc2n(n1)CCCO2. The summed E-state index contributed by atoms with van der Waals surface area (Å²) < 4.78 is 7.07. The van der Waals surface area contributed by atoms with E-state index in [0.717, 1.165) is 13.0 Å². The van der Waals surface area contributed by atoms with Crippen molar-refractivity contribution < 1.29 is 14.6 Å². The zero-order valence-electron chi connectivity index (χ0n) is 9.22. The maximum absolute atomic E-state index is 11.8. The molecule has 1 aliphatic heterocycles. The lowest BCUT2D eigenvalue weighted by atomic mass is 10.3. The van der Waals surface area contributed by atoms with Crippen LogP contribution >= 0.6 is 0 Å². The van der Waals surface area contributed by atoms with Crippen molar-refractivity contribution in [2.24, 2.45) is 0 Å². The van der Waals surface area contributed by atoms with Crippen LogP contribution in [-0.2, 0) is 6.54 Å². The van der Waals surface area contributed by atoms with Gasteiger partial charge in [0.15, 0.2) is 5.69 Å². The lowest BCUT2D eigenvalue weighted by Crippen LogP contribution is -2.29. The van der Waals surface area contributed by atoms with E-state index < -0.39 is 0 Å². The third-order valence-corrected chi connectivity index (χ3v) is 2.51. The predicted molar refractivity (Wildman–Crippen MR) is 56.4 cm³/mol. The van der Waals surface area contributed by atoms with E-state index in [-0.39, 0.29) is 12.5 Å². The molecule has 0 saturated carbocycles. The Kier molecular flexibility index (Phi) is 3.09. The van der Waals surface area contributed by atoms with Gasteiger partial charge in [0.05, 0.1) is 13.2 Å². The molecule has 6 nitrogen and oxygen atoms in total. The van der Waals surface area contributed by atoms with Gasteiger partial charge in [0.25, 0.3) is 5.91 Å². The van der Waals surface area contributed by atoms with Gasteiger partial charge >= 0.3 is 0 Å². The lowest BCUT2D eigenvalue weighted by molar-refractivity contribution is 0.0760. The number of hydrogen-bond acceptors (Lipinski definition) is 4. The molecule has 0 fully saturated rings. The summed E-state index contributed by atoms with van der Waals surface area (Å²) >= 11 is 0. The standard InChI is InChI=1S/C10H15N3O3/c1-12(4-5-14)10(15)8-7-9-13(11-8)3-2-6-16-9/h7,14H,2-6H2,1H3. The molecule has 0 spiro atoms. The summed E-state index contributed by atoms with van der Waals surface area (Å²) in [4.78, 5) is 13.3. The molecule has 1 aliphatic rings. The number of aryl methyl sites for hydroxylation is 1. The second-order valence-electron chi connectivity index (χ2n) is 3.74. The van der Waals surface area contributed by atoms with Crippen LogP contribution in [0.15, 0.2) is 6.07 Å². The van der Waals surface area contributed by atoms with Crippen LogP contribution in [0.5, 0.6) is 5.88 Å². The Morgan fingerprint density at radius 2 is 2.56 bits per heavy atom. The van der Waals surface area contributed by atoms with Gasteiger partial charge in [0, 0.05) is 32.6 Å². The minimum Gasteiger partial charge on any atom is -0.478 e. The quantitative estimate of drug-likeness (QED) is 0.769. The molecular weight excluding hydrogens is 210 g/mol. The number of fused-ring (bicyclic) bond motifs is 1. The predicted octanol–water partition coefficient (Wildman–Crippen LogP) is -0.270. The Hall–Kier alpha value is -1.56. The molecule has 6 heteroatoms. The highest BCUT2D eigenvalue weighted by Crippen LogP contribution is 2.18. The summed E-state index contributed by atoms with van der Waals surface area (Å²) in [7, 11) is 1.64. The number of likely N-dealkylation sites (N-methyl/N-ethyl adjacent to an activating group) is 1. The summed E-state index contributed by atoms with van der Waals surface area (Å²) in [5.41, 5.74) is 0.368. The van der Waals surface area contributed by atoms with Gasteiger partial charge in [-0.15, -0.1) is 0 Å². The van der Waals surface area contributed by atoms with Crippen LogP contribution in [0.3, 0.4) is 0 Å². The molecule has 0 aliphatic carbocycles. The zero-order valence-corrected chi connectivity index (χ0v) is 9.22. The molecule has 1 amide bonds. The first-order chi connectivity index (χ1) is 7.72. The summed E-state index contributed by atoms with van der Waals surface area (Å²) in [6.07, 6.45) is 0.911. The largest absolute Gasteiger partial charge is 0.478 e. The Morgan fingerprint density at radius 3 is 3.25 bits per heavy atom. The second-order valence-corrected chi connectivity index (χ2v) is 3.74. The molecule has 1 N–H and O–H groups in total. The van der Waals surface area contributed by atoms with Gasteiger partial charge in [-0.3, -0.25) is 4.79 Å². The summed E-state index contributed by atoms with van der Waals surface area (Å²) in [5.74, 6) is 0.451. The minimum atomic E-state index is -0.195. The van der Waals surface area contributed by atoms with Gasteiger partial charge in [-0.2, -0.15) is 5.10 Å². The van der Waals surface area contributed by atoms with Crippen LogP contribution in [0.4, 0.5) is 0 Å². The van der Waals surface area contributed by atoms with E-state index in [0.29, 0.717) is 24.7 Å². The number of nitrogens with zero attached hydrogens (tertiary/aromatic N) is 3. The van der Waals surface area contributed by atoms with Crippen LogP contribution in [0, 0.1) is 0 Å². The molecule has 0 radical (unpaired) electrons. The molecular formula is C10H15N3O3. The topological polar surface area (TPSA) is 67.6 Å². The summed E-state index contributed by atoms with van der Waals surface area (Å²) in [6.45, 7) is 1.71. The van der Waals surface area contributed by atoms with Gasteiger partial charge in [-0.05, 0) is 0 Å². The van der Waals surface area contributed by atoms with E-state index in [2.05, 4.69) is 5.10 Å². The monoisotopic (exact) mass is 225 g/mol. The Balaban J connectivity index is 2.14. The second kappa shape index (κ2) is 4.52. The minimum absolute atomic E-state index is 0.0493. The van der Waals surface area contributed by atoms with E-state index in [1.54, 1.807) is 17.8 Å². The van der Waals surface area contributed by atoms with E-state index in [1.807, 2.05) is 0 Å². The molecule has 0 bridgehead atoms. The highest BCUT2D eigenvalue weighted by Gasteiger charge is 2.19. The molecule has 1 aromatic heterocycles. The molecule has 2 heterocycles. The molecule has 0 atom stereocenters. The first-order valence-electron chi connectivity index (χ1n) is 5.29. The van der Waals surface area contributed by atoms with Crippen molar-refractivity contribution >= 4 is 5.91 Å². The molecule has 16 heavy (non-hydrogen) atoms. The number of hydrogen-bond donors (Lipinski definition) is 1. The molecule has 0 saturated heterocycles. The molecule has 2 rings (SSSR count). The number of aromatic nitrogens is 2. The average Bonchev–Trinajstić information content (AvgIpc) is 2.71. The summed E-state index contributed by atoms with van der Waals surface area (Å²) in [6, 6.07) is 1.65. The number of ether oxygens (including phenoxy) is 1. The van der Waals surface area contributed by atoms with E-state index in [1.165, 1.54) is 4.90 Å². The fourth-order valence-corrected chi connectivity index (χ4v) is 1.62. The number of rotatable bonds is 3. The Morgan fingerprint density at radius 1 is 1.75 bits per heavy atom. The van der Waals surface area contributed by atoms with Crippen molar-refractivity contribution in [3.8, 4) is 5.88 Å². The number of amides is 1. The van der Waals surface area contributed by atoms with Gasteiger partial charge in [0.1, 0.15) is 0 Å². The molecule has 0 unspecified atom stereocenters. The van der Waals surface area contributed by atoms with Crippen molar-refractivity contribution in [2.45, 2.75) is 13.0 Å². The average molecular weight is 225 g/mol. The third kappa shape index (κ3) is 2.01.